The number of carbonyl (C=O) groups excluding carboxylic acids is 3. The molecule has 3 aliphatic rings. The molecule has 1 aliphatic heterocycles. The van der Waals surface area contributed by atoms with Crippen molar-refractivity contribution in [2.45, 2.75) is 70.7 Å². The smallest absolute Gasteiger partial charge is 0.245 e. The van der Waals surface area contributed by atoms with Crippen LogP contribution in [0.25, 0.3) is 10.9 Å². The first kappa shape index (κ1) is 25.3. The van der Waals surface area contributed by atoms with Crippen LogP contribution in [0.4, 0.5) is 4.39 Å². The first-order valence-corrected chi connectivity index (χ1v) is 13.5. The lowest BCUT2D eigenvalue weighted by molar-refractivity contribution is -0.139. The minimum absolute atomic E-state index is 0.0486. The van der Waals surface area contributed by atoms with Gasteiger partial charge in [-0.05, 0) is 62.3 Å². The molecule has 0 radical (unpaired) electrons. The van der Waals surface area contributed by atoms with Gasteiger partial charge >= 0.3 is 0 Å². The van der Waals surface area contributed by atoms with Gasteiger partial charge in [0.15, 0.2) is 17.4 Å². The monoisotopic (exact) mass is 531 g/mol. The number of allylic oxidation sites excluding steroid dienone is 2. The molecule has 6 rings (SSSR count). The van der Waals surface area contributed by atoms with Gasteiger partial charge in [-0.3, -0.25) is 19.1 Å². The highest BCUT2D eigenvalue weighted by Crippen LogP contribution is 2.49. The van der Waals surface area contributed by atoms with Gasteiger partial charge in [-0.1, -0.05) is 6.08 Å². The zero-order valence-corrected chi connectivity index (χ0v) is 21.8. The van der Waals surface area contributed by atoms with Crippen molar-refractivity contribution in [2.75, 3.05) is 0 Å². The molecule has 0 spiro atoms. The van der Waals surface area contributed by atoms with E-state index in [1.807, 2.05) is 0 Å². The van der Waals surface area contributed by atoms with Crippen LogP contribution in [0.1, 0.15) is 61.8 Å². The van der Waals surface area contributed by atoms with E-state index in [0.29, 0.717) is 47.7 Å². The third-order valence-corrected chi connectivity index (χ3v) is 8.03. The van der Waals surface area contributed by atoms with Gasteiger partial charge < -0.3 is 9.64 Å². The minimum atomic E-state index is -0.523. The quantitative estimate of drug-likeness (QED) is 0.381. The molecule has 2 fully saturated rings. The number of likely N-dealkylation sites (tertiary alicyclic amines) is 1. The Kier molecular flexibility index (Phi) is 6.70. The number of Topliss-reactive ketones (excluding diaryl/α,β-unsaturated/α-hetero) is 2. The van der Waals surface area contributed by atoms with E-state index >= 15 is 0 Å². The SMILES string of the molecule is CC(=O)c1nn(CC(=O)N2[C@@H]3C[C@@H]3C[C@H]2C(=O)CC2CCCC=C2F)c2ccc(OCc3ncccn3)cc12. The number of ether oxygens (including phenoxy) is 1. The standard InChI is InChI=1S/C29H30FN5O4/c1-17(36)29-21-14-20(39-16-27-31-9-4-10-32-27)7-8-23(21)34(33-29)15-28(38)35-24-11-19(24)12-25(35)26(37)13-18-5-2-3-6-22(18)30/h4,6-10,14,18-19,24-25H,2-3,5,11-13,15-16H2,1H3/t18?,19-,24-,25+/m1/s1. The van der Waals surface area contributed by atoms with E-state index in [1.165, 1.54) is 11.6 Å². The summed E-state index contributed by atoms with van der Waals surface area (Å²) in [7, 11) is 0. The molecule has 1 saturated carbocycles. The van der Waals surface area contributed by atoms with E-state index in [9.17, 15) is 18.8 Å². The van der Waals surface area contributed by atoms with E-state index in [-0.39, 0.29) is 60.5 Å². The Morgan fingerprint density at radius 2 is 1.97 bits per heavy atom. The maximum atomic E-state index is 14.3. The van der Waals surface area contributed by atoms with Crippen LogP contribution >= 0.6 is 0 Å². The average molecular weight is 532 g/mol. The van der Waals surface area contributed by atoms with Gasteiger partial charge in [0.05, 0.1) is 17.4 Å². The van der Waals surface area contributed by atoms with Crippen LogP contribution in [0.15, 0.2) is 48.6 Å². The number of carbonyl (C=O) groups is 3. The van der Waals surface area contributed by atoms with E-state index < -0.39 is 6.04 Å². The highest BCUT2D eigenvalue weighted by Gasteiger charge is 2.55. The molecule has 1 saturated heterocycles. The summed E-state index contributed by atoms with van der Waals surface area (Å²) < 4.78 is 21.6. The normalized spacial score (nSPS) is 23.8. The summed E-state index contributed by atoms with van der Waals surface area (Å²) in [4.78, 5) is 49.2. The van der Waals surface area contributed by atoms with Gasteiger partial charge in [-0.25, -0.2) is 14.4 Å². The summed E-state index contributed by atoms with van der Waals surface area (Å²) >= 11 is 0. The number of benzene rings is 1. The fourth-order valence-corrected chi connectivity index (χ4v) is 5.98. The van der Waals surface area contributed by atoms with Crippen LogP contribution in [0.2, 0.25) is 0 Å². The Bertz CT molecular complexity index is 1470. The summed E-state index contributed by atoms with van der Waals surface area (Å²) in [5, 5.41) is 5.05. The van der Waals surface area contributed by atoms with E-state index in [4.69, 9.17) is 4.74 Å². The Balaban J connectivity index is 1.20. The van der Waals surface area contributed by atoms with Crippen molar-refractivity contribution < 1.29 is 23.5 Å². The molecule has 3 heterocycles. The number of nitrogens with zero attached hydrogens (tertiary/aromatic N) is 5. The fourth-order valence-electron chi connectivity index (χ4n) is 5.98. The summed E-state index contributed by atoms with van der Waals surface area (Å²) in [6.07, 6.45) is 8.76. The zero-order valence-electron chi connectivity index (χ0n) is 21.8. The highest BCUT2D eigenvalue weighted by atomic mass is 19.1. The molecule has 2 aliphatic carbocycles. The average Bonchev–Trinajstić information content (AvgIpc) is 3.44. The van der Waals surface area contributed by atoms with Crippen LogP contribution in [0, 0.1) is 11.8 Å². The summed E-state index contributed by atoms with van der Waals surface area (Å²) in [5.41, 5.74) is 0.873. The molecule has 202 valence electrons. The largest absolute Gasteiger partial charge is 0.486 e. The number of halogens is 1. The number of amides is 1. The lowest BCUT2D eigenvalue weighted by Gasteiger charge is -2.28. The number of piperidine rings is 1. The molecule has 3 aromatic rings. The molecule has 39 heavy (non-hydrogen) atoms. The number of hydrogen-bond donors (Lipinski definition) is 0. The van der Waals surface area contributed by atoms with Crippen molar-refractivity contribution in [1.29, 1.82) is 0 Å². The van der Waals surface area contributed by atoms with Crippen LogP contribution in [-0.4, -0.2) is 54.2 Å². The third kappa shape index (κ3) is 5.07. The van der Waals surface area contributed by atoms with Gasteiger partial charge in [0, 0.05) is 43.1 Å². The van der Waals surface area contributed by atoms with Crippen LogP contribution in [-0.2, 0) is 22.7 Å². The topological polar surface area (TPSA) is 107 Å². The molecule has 2 aromatic heterocycles. The molecular weight excluding hydrogens is 501 g/mol. The number of hydrogen-bond acceptors (Lipinski definition) is 7. The van der Waals surface area contributed by atoms with Crippen LogP contribution in [0.3, 0.4) is 0 Å². The van der Waals surface area contributed by atoms with Crippen molar-refractivity contribution >= 4 is 28.4 Å². The first-order valence-electron chi connectivity index (χ1n) is 13.5. The van der Waals surface area contributed by atoms with E-state index in [0.717, 1.165) is 12.8 Å². The molecule has 4 atom stereocenters. The number of ketones is 2. The molecular formula is C29H30FN5O4. The summed E-state index contributed by atoms with van der Waals surface area (Å²) in [6.45, 7) is 1.51. The van der Waals surface area contributed by atoms with E-state index in [2.05, 4.69) is 15.1 Å². The first-order chi connectivity index (χ1) is 18.9. The van der Waals surface area contributed by atoms with Crippen LogP contribution in [0.5, 0.6) is 5.75 Å². The van der Waals surface area contributed by atoms with Gasteiger partial charge in [0.25, 0.3) is 0 Å². The van der Waals surface area contributed by atoms with Crippen molar-refractivity contribution in [3.05, 3.63) is 60.1 Å². The Hall–Kier alpha value is -3.95. The van der Waals surface area contributed by atoms with Crippen LogP contribution < -0.4 is 4.74 Å². The molecule has 1 aromatic carbocycles. The molecule has 0 N–H and O–H groups in total. The number of fused-ring (bicyclic) bond motifs is 2. The minimum Gasteiger partial charge on any atom is -0.486 e. The second-order valence-electron chi connectivity index (χ2n) is 10.7. The Morgan fingerprint density at radius 1 is 1.15 bits per heavy atom. The Morgan fingerprint density at radius 3 is 2.74 bits per heavy atom. The molecule has 9 nitrogen and oxygen atoms in total. The second kappa shape index (κ2) is 10.3. The number of aromatic nitrogens is 4. The lowest BCUT2D eigenvalue weighted by atomic mass is 9.88. The van der Waals surface area contributed by atoms with Gasteiger partial charge in [0.2, 0.25) is 5.91 Å². The van der Waals surface area contributed by atoms with Gasteiger partial charge in [0.1, 0.15) is 24.6 Å². The van der Waals surface area contributed by atoms with Gasteiger partial charge in [-0.15, -0.1) is 0 Å². The molecule has 1 unspecified atom stereocenters. The predicted octanol–water partition coefficient (Wildman–Crippen LogP) is 4.21. The third-order valence-electron chi connectivity index (χ3n) is 8.03. The second-order valence-corrected chi connectivity index (χ2v) is 10.7. The maximum absolute atomic E-state index is 14.3. The molecule has 1 amide bonds. The van der Waals surface area contributed by atoms with E-state index in [1.54, 1.807) is 47.6 Å². The highest BCUT2D eigenvalue weighted by molar-refractivity contribution is 6.05. The number of rotatable bonds is 9. The van der Waals surface area contributed by atoms with Gasteiger partial charge in [-0.2, -0.15) is 5.10 Å². The summed E-state index contributed by atoms with van der Waals surface area (Å²) in [6, 6.07) is 6.51. The molecule has 0 bridgehead atoms. The lowest BCUT2D eigenvalue weighted by Crippen LogP contribution is -2.45. The zero-order chi connectivity index (χ0) is 27.1. The van der Waals surface area contributed by atoms with Crippen molar-refractivity contribution in [1.82, 2.24) is 24.6 Å². The summed E-state index contributed by atoms with van der Waals surface area (Å²) in [5.74, 6) is 0.301. The van der Waals surface area contributed by atoms with Crippen molar-refractivity contribution in [3.8, 4) is 5.75 Å². The predicted molar refractivity (Wildman–Crippen MR) is 139 cm³/mol. The fraction of sp³-hybridized carbons (Fsp3) is 0.448. The molecule has 10 heteroatoms. The van der Waals surface area contributed by atoms with Crippen molar-refractivity contribution in [3.63, 3.8) is 0 Å². The van der Waals surface area contributed by atoms with Crippen molar-refractivity contribution in [2.24, 2.45) is 11.8 Å². The Labute approximate surface area is 225 Å². The maximum Gasteiger partial charge on any atom is 0.245 e.